The number of nitrogens with zero attached hydrogens (tertiary/aromatic N) is 7. The van der Waals surface area contributed by atoms with Gasteiger partial charge >= 0.3 is 0 Å². The van der Waals surface area contributed by atoms with E-state index >= 15 is 0 Å². The summed E-state index contributed by atoms with van der Waals surface area (Å²) in [5.41, 5.74) is 0.909. The number of hydrogen-bond acceptors (Lipinski definition) is 8. The summed E-state index contributed by atoms with van der Waals surface area (Å²) in [7, 11) is 1.58. The fraction of sp³-hybridized carbons (Fsp3) is 0.577. The van der Waals surface area contributed by atoms with Crippen molar-refractivity contribution in [1.29, 1.82) is 5.26 Å². The minimum absolute atomic E-state index is 0.00971. The van der Waals surface area contributed by atoms with E-state index in [-0.39, 0.29) is 23.4 Å². The molecule has 0 unspecified atom stereocenters. The Morgan fingerprint density at radius 3 is 2.57 bits per heavy atom. The molecule has 5 rings (SSSR count). The molecule has 1 spiro atoms. The van der Waals surface area contributed by atoms with Gasteiger partial charge in [-0.3, -0.25) is 4.79 Å². The van der Waals surface area contributed by atoms with Crippen LogP contribution in [-0.4, -0.2) is 70.2 Å². The maximum atomic E-state index is 13.2. The first-order chi connectivity index (χ1) is 16.7. The van der Waals surface area contributed by atoms with Crippen LogP contribution in [0.25, 0.3) is 0 Å². The zero-order chi connectivity index (χ0) is 25.0. The summed E-state index contributed by atoms with van der Waals surface area (Å²) < 4.78 is 5.47. The molecule has 0 radical (unpaired) electrons. The van der Waals surface area contributed by atoms with Gasteiger partial charge in [-0.25, -0.2) is 15.0 Å². The first kappa shape index (κ1) is 23.5. The lowest BCUT2D eigenvalue weighted by Gasteiger charge is -2.48. The molecule has 4 heterocycles. The quantitative estimate of drug-likeness (QED) is 0.665. The Kier molecular flexibility index (Phi) is 5.67. The number of piperazine rings is 1. The van der Waals surface area contributed by atoms with E-state index in [4.69, 9.17) is 14.7 Å². The number of hydrogen-bond donors (Lipinski definition) is 0. The predicted octanol–water partition coefficient (Wildman–Crippen LogP) is 3.17. The van der Waals surface area contributed by atoms with Gasteiger partial charge in [-0.1, -0.05) is 6.42 Å². The highest BCUT2D eigenvalue weighted by atomic mass is 16.5. The van der Waals surface area contributed by atoms with Crippen molar-refractivity contribution in [3.05, 3.63) is 35.8 Å². The van der Waals surface area contributed by atoms with Gasteiger partial charge in [0.25, 0.3) is 5.91 Å². The van der Waals surface area contributed by atoms with E-state index in [1.54, 1.807) is 25.7 Å². The second-order valence-corrected chi connectivity index (χ2v) is 10.7. The molecule has 1 saturated carbocycles. The largest absolute Gasteiger partial charge is 0.369 e. The topological polar surface area (TPSA) is 98.5 Å². The van der Waals surface area contributed by atoms with Crippen LogP contribution in [0.2, 0.25) is 0 Å². The normalized spacial score (nSPS) is 23.1. The molecule has 2 aromatic heterocycles. The summed E-state index contributed by atoms with van der Waals surface area (Å²) in [5, 5.41) is 9.39. The van der Waals surface area contributed by atoms with Gasteiger partial charge in [0.05, 0.1) is 11.6 Å². The van der Waals surface area contributed by atoms with Crippen molar-refractivity contribution in [2.45, 2.75) is 70.1 Å². The van der Waals surface area contributed by atoms with Crippen LogP contribution in [0.5, 0.6) is 0 Å². The van der Waals surface area contributed by atoms with Crippen molar-refractivity contribution in [2.75, 3.05) is 36.5 Å². The SMILES string of the molecule is COC(C)(C)C(=O)N1C[C@@H](C)N(c2ncnc3c2C2(CCC2)CN3c2cc(C#N)ccn2)C[C@H]1C. The molecule has 1 amide bonds. The van der Waals surface area contributed by atoms with Crippen molar-refractivity contribution >= 4 is 23.4 Å². The molecule has 2 aliphatic heterocycles. The van der Waals surface area contributed by atoms with Crippen LogP contribution in [-0.2, 0) is 14.9 Å². The van der Waals surface area contributed by atoms with Crippen LogP contribution in [0, 0.1) is 11.3 Å². The minimum atomic E-state index is -0.853. The van der Waals surface area contributed by atoms with Crippen LogP contribution < -0.4 is 9.80 Å². The maximum absolute atomic E-state index is 13.2. The highest BCUT2D eigenvalue weighted by Crippen LogP contribution is 2.56. The maximum Gasteiger partial charge on any atom is 0.254 e. The van der Waals surface area contributed by atoms with Crippen molar-refractivity contribution in [2.24, 2.45) is 0 Å². The van der Waals surface area contributed by atoms with E-state index in [1.807, 2.05) is 24.8 Å². The van der Waals surface area contributed by atoms with Crippen LogP contribution in [0.4, 0.5) is 17.5 Å². The van der Waals surface area contributed by atoms with E-state index < -0.39 is 5.60 Å². The molecular weight excluding hydrogens is 442 g/mol. The number of aromatic nitrogens is 3. The smallest absolute Gasteiger partial charge is 0.254 e. The molecular formula is C26H33N7O2. The molecule has 3 aliphatic rings. The lowest BCUT2D eigenvalue weighted by atomic mass is 9.66. The average molecular weight is 476 g/mol. The zero-order valence-corrected chi connectivity index (χ0v) is 21.2. The molecule has 35 heavy (non-hydrogen) atoms. The third-order valence-electron chi connectivity index (χ3n) is 8.06. The summed E-state index contributed by atoms with van der Waals surface area (Å²) >= 11 is 0. The first-order valence-corrected chi connectivity index (χ1v) is 12.3. The van der Waals surface area contributed by atoms with Gasteiger partial charge < -0.3 is 19.4 Å². The highest BCUT2D eigenvalue weighted by Gasteiger charge is 2.52. The monoisotopic (exact) mass is 475 g/mol. The van der Waals surface area contributed by atoms with Gasteiger partial charge in [0.2, 0.25) is 0 Å². The van der Waals surface area contributed by atoms with Crippen molar-refractivity contribution < 1.29 is 9.53 Å². The zero-order valence-electron chi connectivity index (χ0n) is 21.2. The van der Waals surface area contributed by atoms with Crippen LogP contribution >= 0.6 is 0 Å². The van der Waals surface area contributed by atoms with Crippen molar-refractivity contribution in [3.8, 4) is 6.07 Å². The number of rotatable bonds is 4. The summed E-state index contributed by atoms with van der Waals surface area (Å²) in [6, 6.07) is 5.87. The van der Waals surface area contributed by atoms with Crippen molar-refractivity contribution in [1.82, 2.24) is 19.9 Å². The van der Waals surface area contributed by atoms with Gasteiger partial charge in [-0.15, -0.1) is 0 Å². The fourth-order valence-electron chi connectivity index (χ4n) is 5.70. The fourth-order valence-corrected chi connectivity index (χ4v) is 5.70. The van der Waals surface area contributed by atoms with E-state index in [1.165, 1.54) is 12.0 Å². The number of carbonyl (C=O) groups is 1. The Labute approximate surface area is 206 Å². The lowest BCUT2D eigenvalue weighted by Crippen LogP contribution is -2.62. The number of carbonyl (C=O) groups excluding carboxylic acids is 1. The van der Waals surface area contributed by atoms with E-state index in [0.29, 0.717) is 18.7 Å². The number of amides is 1. The molecule has 0 N–H and O–H groups in total. The molecule has 2 aromatic rings. The second-order valence-electron chi connectivity index (χ2n) is 10.7. The third-order valence-corrected chi connectivity index (χ3v) is 8.06. The van der Waals surface area contributed by atoms with Crippen LogP contribution in [0.15, 0.2) is 24.7 Å². The molecule has 9 nitrogen and oxygen atoms in total. The number of fused-ring (bicyclic) bond motifs is 2. The minimum Gasteiger partial charge on any atom is -0.369 e. The molecule has 1 aliphatic carbocycles. The van der Waals surface area contributed by atoms with Gasteiger partial charge in [0, 0.05) is 56.0 Å². The summed E-state index contributed by atoms with van der Waals surface area (Å²) in [4.78, 5) is 33.7. The van der Waals surface area contributed by atoms with Crippen LogP contribution in [0.3, 0.4) is 0 Å². The number of anilines is 3. The molecule has 0 aromatic carbocycles. The number of methoxy groups -OCH3 is 1. The Morgan fingerprint density at radius 2 is 1.91 bits per heavy atom. The Balaban J connectivity index is 1.51. The number of ether oxygens (including phenoxy) is 1. The Hall–Kier alpha value is -3.25. The molecule has 9 heteroatoms. The molecule has 1 saturated heterocycles. The second kappa shape index (κ2) is 8.45. The first-order valence-electron chi connectivity index (χ1n) is 12.3. The standard InChI is InChI=1S/C26H33N7O2/c1-17-14-32(24(34)25(3,4)35-5)18(2)13-31(17)22-21-23(30-16-29-22)33(15-26(21)8-6-9-26)20-11-19(12-27)7-10-28-20/h7,10-11,16-18H,6,8-9,13-15H2,1-5H3/t17-,18-/m1/s1. The predicted molar refractivity (Wildman–Crippen MR) is 133 cm³/mol. The summed E-state index contributed by atoms with van der Waals surface area (Å²) in [6.07, 6.45) is 6.66. The van der Waals surface area contributed by atoms with Crippen molar-refractivity contribution in [3.63, 3.8) is 0 Å². The third kappa shape index (κ3) is 3.71. The molecule has 184 valence electrons. The van der Waals surface area contributed by atoms with E-state index in [9.17, 15) is 10.1 Å². The van der Waals surface area contributed by atoms with Gasteiger partial charge in [-0.2, -0.15) is 5.26 Å². The average Bonchev–Trinajstić information content (AvgIpc) is 3.21. The molecule has 2 fully saturated rings. The van der Waals surface area contributed by atoms with Gasteiger partial charge in [0.1, 0.15) is 29.4 Å². The number of pyridine rings is 1. The van der Waals surface area contributed by atoms with Gasteiger partial charge in [0.15, 0.2) is 0 Å². The van der Waals surface area contributed by atoms with E-state index in [2.05, 4.69) is 34.7 Å². The highest BCUT2D eigenvalue weighted by molar-refractivity contribution is 5.85. The number of nitriles is 1. The van der Waals surface area contributed by atoms with Gasteiger partial charge in [-0.05, 0) is 52.7 Å². The molecule has 0 bridgehead atoms. The summed E-state index contributed by atoms with van der Waals surface area (Å²) in [6.45, 7) is 9.97. The Bertz CT molecular complexity index is 1190. The molecule has 2 atom stereocenters. The van der Waals surface area contributed by atoms with Crippen LogP contribution in [0.1, 0.15) is 58.1 Å². The summed E-state index contributed by atoms with van der Waals surface area (Å²) in [5.74, 6) is 2.61. The van der Waals surface area contributed by atoms with E-state index in [0.717, 1.165) is 36.8 Å². The lowest BCUT2D eigenvalue weighted by molar-refractivity contribution is -0.154. The Morgan fingerprint density at radius 1 is 1.17 bits per heavy atom.